The zero-order valence-electron chi connectivity index (χ0n) is 15.8. The van der Waals surface area contributed by atoms with Crippen molar-refractivity contribution in [3.05, 3.63) is 71.8 Å². The second-order valence-electron chi connectivity index (χ2n) is 6.40. The van der Waals surface area contributed by atoms with Gasteiger partial charge in [0.1, 0.15) is 12.4 Å². The van der Waals surface area contributed by atoms with E-state index in [1.807, 2.05) is 24.3 Å². The Balaban J connectivity index is 1.78. The van der Waals surface area contributed by atoms with Gasteiger partial charge in [-0.05, 0) is 40.6 Å². The molecule has 3 rings (SSSR count). The lowest BCUT2D eigenvalue weighted by Crippen LogP contribution is -2.20. The minimum absolute atomic E-state index is 0.00105. The van der Waals surface area contributed by atoms with E-state index in [1.54, 1.807) is 36.4 Å². The number of benzene rings is 3. The number of hydrogen-bond donors (Lipinski definition) is 2. The molecule has 0 unspecified atom stereocenters. The molecule has 0 heterocycles. The van der Waals surface area contributed by atoms with Crippen LogP contribution in [0.1, 0.15) is 22.8 Å². The minimum atomic E-state index is -0.580. The van der Waals surface area contributed by atoms with Crippen LogP contribution in [0, 0.1) is 0 Å². The van der Waals surface area contributed by atoms with E-state index in [-0.39, 0.29) is 24.7 Å². The number of anilines is 1. The van der Waals surface area contributed by atoms with Crippen LogP contribution in [-0.2, 0) is 20.9 Å². The van der Waals surface area contributed by atoms with E-state index in [0.717, 1.165) is 10.8 Å². The smallest absolute Gasteiger partial charge is 0.340 e. The van der Waals surface area contributed by atoms with Crippen molar-refractivity contribution in [1.82, 2.24) is 0 Å². The number of fused-ring (bicyclic) bond motifs is 1. The highest BCUT2D eigenvalue weighted by Gasteiger charge is 2.16. The third-order valence-corrected chi connectivity index (χ3v) is 4.07. The Morgan fingerprint density at radius 1 is 0.966 bits per heavy atom. The Labute approximate surface area is 167 Å². The van der Waals surface area contributed by atoms with Gasteiger partial charge in [-0.15, -0.1) is 0 Å². The summed E-state index contributed by atoms with van der Waals surface area (Å²) in [5, 5.41) is 4.43. The highest BCUT2D eigenvalue weighted by atomic mass is 16.5. The third-order valence-electron chi connectivity index (χ3n) is 4.07. The van der Waals surface area contributed by atoms with Crippen LogP contribution in [0.15, 0.2) is 60.7 Å². The molecule has 0 aliphatic heterocycles. The van der Waals surface area contributed by atoms with Crippen molar-refractivity contribution >= 4 is 34.2 Å². The summed E-state index contributed by atoms with van der Waals surface area (Å²) in [4.78, 5) is 35.1. The number of ether oxygens (including phenoxy) is 2. The van der Waals surface area contributed by atoms with Gasteiger partial charge in [-0.3, -0.25) is 9.59 Å². The number of nitrogens with two attached hydrogens (primary N) is 1. The maximum atomic E-state index is 12.7. The van der Waals surface area contributed by atoms with Crippen molar-refractivity contribution in [3.8, 4) is 5.75 Å². The standard InChI is InChI=1S/C22H20N2O5/c1-14(25)24-20-11-17-7-3-2-6-16(17)10-19(20)22(27)29-12-15-5-4-8-18(9-15)28-13-21(23)26/h2-11H,12-13H2,1H3,(H2,23,26)(H,24,25). The quantitative estimate of drug-likeness (QED) is 0.601. The zero-order chi connectivity index (χ0) is 20.8. The van der Waals surface area contributed by atoms with Crippen molar-refractivity contribution in [2.24, 2.45) is 5.73 Å². The third kappa shape index (κ3) is 5.32. The Kier molecular flexibility index (Phi) is 6.09. The van der Waals surface area contributed by atoms with Gasteiger partial charge in [-0.1, -0.05) is 36.4 Å². The molecule has 0 bridgehead atoms. The largest absolute Gasteiger partial charge is 0.484 e. The van der Waals surface area contributed by atoms with Gasteiger partial charge < -0.3 is 20.5 Å². The summed E-state index contributed by atoms with van der Waals surface area (Å²) < 4.78 is 10.7. The van der Waals surface area contributed by atoms with Crippen molar-refractivity contribution < 1.29 is 23.9 Å². The molecule has 0 aliphatic rings. The first-order valence-electron chi connectivity index (χ1n) is 8.90. The van der Waals surface area contributed by atoms with Gasteiger partial charge in [0, 0.05) is 6.92 Å². The number of nitrogens with one attached hydrogen (secondary N) is 1. The van der Waals surface area contributed by atoms with Crippen molar-refractivity contribution in [3.63, 3.8) is 0 Å². The van der Waals surface area contributed by atoms with Crippen molar-refractivity contribution in [1.29, 1.82) is 0 Å². The van der Waals surface area contributed by atoms with E-state index in [1.165, 1.54) is 6.92 Å². The van der Waals surface area contributed by atoms with E-state index in [2.05, 4.69) is 5.32 Å². The van der Waals surface area contributed by atoms with Crippen LogP contribution < -0.4 is 15.8 Å². The van der Waals surface area contributed by atoms with E-state index in [0.29, 0.717) is 17.0 Å². The lowest BCUT2D eigenvalue weighted by molar-refractivity contribution is -0.120. The molecule has 0 aromatic heterocycles. The summed E-state index contributed by atoms with van der Waals surface area (Å²) in [6.45, 7) is 1.14. The van der Waals surface area contributed by atoms with Crippen LogP contribution in [0.5, 0.6) is 5.75 Å². The van der Waals surface area contributed by atoms with Gasteiger partial charge in [0.15, 0.2) is 6.61 Å². The Bertz CT molecular complexity index is 1080. The molecule has 0 fully saturated rings. The minimum Gasteiger partial charge on any atom is -0.484 e. The van der Waals surface area contributed by atoms with Crippen LogP contribution in [0.3, 0.4) is 0 Å². The lowest BCUT2D eigenvalue weighted by atomic mass is 10.0. The van der Waals surface area contributed by atoms with E-state index < -0.39 is 11.9 Å². The summed E-state index contributed by atoms with van der Waals surface area (Å²) in [5.41, 5.74) is 6.40. The first-order chi connectivity index (χ1) is 13.9. The van der Waals surface area contributed by atoms with Gasteiger partial charge in [0.2, 0.25) is 5.91 Å². The molecule has 7 nitrogen and oxygen atoms in total. The fourth-order valence-electron chi connectivity index (χ4n) is 2.81. The summed E-state index contributed by atoms with van der Waals surface area (Å²) >= 11 is 0. The van der Waals surface area contributed by atoms with Crippen LogP contribution >= 0.6 is 0 Å². The molecule has 3 aromatic rings. The fourth-order valence-corrected chi connectivity index (χ4v) is 2.81. The monoisotopic (exact) mass is 392 g/mol. The molecule has 2 amide bonds. The fraction of sp³-hybridized carbons (Fsp3) is 0.136. The van der Waals surface area contributed by atoms with Crippen LogP contribution in [0.2, 0.25) is 0 Å². The topological polar surface area (TPSA) is 108 Å². The van der Waals surface area contributed by atoms with Gasteiger partial charge in [0.25, 0.3) is 5.91 Å². The molecule has 0 atom stereocenters. The van der Waals surface area contributed by atoms with Crippen molar-refractivity contribution in [2.75, 3.05) is 11.9 Å². The highest BCUT2D eigenvalue weighted by Crippen LogP contribution is 2.25. The van der Waals surface area contributed by atoms with Crippen LogP contribution in [0.4, 0.5) is 5.69 Å². The number of carbonyl (C=O) groups excluding carboxylic acids is 3. The Hall–Kier alpha value is -3.87. The second-order valence-corrected chi connectivity index (χ2v) is 6.40. The average molecular weight is 392 g/mol. The number of amides is 2. The molecule has 3 N–H and O–H groups in total. The molecule has 0 aliphatic carbocycles. The first-order valence-corrected chi connectivity index (χ1v) is 8.90. The van der Waals surface area contributed by atoms with Gasteiger partial charge in [-0.25, -0.2) is 4.79 Å². The summed E-state index contributed by atoms with van der Waals surface area (Å²) in [5.74, 6) is -0.984. The van der Waals surface area contributed by atoms with E-state index in [4.69, 9.17) is 15.2 Å². The number of esters is 1. The highest BCUT2D eigenvalue weighted by molar-refractivity contribution is 6.05. The summed E-state index contributed by atoms with van der Waals surface area (Å²) in [6.07, 6.45) is 0. The molecule has 148 valence electrons. The predicted molar refractivity (Wildman–Crippen MR) is 109 cm³/mol. The number of rotatable bonds is 7. The first kappa shape index (κ1) is 19.9. The molecular weight excluding hydrogens is 372 g/mol. The molecule has 7 heteroatoms. The lowest BCUT2D eigenvalue weighted by Gasteiger charge is -2.12. The maximum Gasteiger partial charge on any atom is 0.340 e. The number of primary amides is 1. The Morgan fingerprint density at radius 3 is 2.38 bits per heavy atom. The zero-order valence-corrected chi connectivity index (χ0v) is 15.8. The van der Waals surface area contributed by atoms with Gasteiger partial charge in [-0.2, -0.15) is 0 Å². The average Bonchev–Trinajstić information content (AvgIpc) is 2.70. The Morgan fingerprint density at radius 2 is 1.69 bits per heavy atom. The van der Waals surface area contributed by atoms with E-state index >= 15 is 0 Å². The van der Waals surface area contributed by atoms with Gasteiger partial charge >= 0.3 is 5.97 Å². The second kappa shape index (κ2) is 8.88. The number of hydrogen-bond acceptors (Lipinski definition) is 5. The predicted octanol–water partition coefficient (Wildman–Crippen LogP) is 3.02. The van der Waals surface area contributed by atoms with Crippen molar-refractivity contribution in [2.45, 2.75) is 13.5 Å². The van der Waals surface area contributed by atoms with Crippen LogP contribution in [-0.4, -0.2) is 24.4 Å². The SMILES string of the molecule is CC(=O)Nc1cc2ccccc2cc1C(=O)OCc1cccc(OCC(N)=O)c1. The molecular formula is C22H20N2O5. The van der Waals surface area contributed by atoms with Gasteiger partial charge in [0.05, 0.1) is 11.3 Å². The molecule has 0 spiro atoms. The number of carbonyl (C=O) groups is 3. The normalized spacial score (nSPS) is 10.4. The molecule has 0 saturated carbocycles. The summed E-state index contributed by atoms with van der Waals surface area (Å²) in [7, 11) is 0. The maximum absolute atomic E-state index is 12.7. The van der Waals surface area contributed by atoms with Crippen LogP contribution in [0.25, 0.3) is 10.8 Å². The molecule has 29 heavy (non-hydrogen) atoms. The molecule has 0 saturated heterocycles. The van der Waals surface area contributed by atoms with E-state index in [9.17, 15) is 14.4 Å². The molecule has 0 radical (unpaired) electrons. The summed E-state index contributed by atoms with van der Waals surface area (Å²) in [6, 6.07) is 17.8. The molecule has 3 aromatic carbocycles.